The third kappa shape index (κ3) is 1.15. The van der Waals surface area contributed by atoms with Crippen LogP contribution in [-0.4, -0.2) is 10.7 Å². The first kappa shape index (κ1) is 8.13. The summed E-state index contributed by atoms with van der Waals surface area (Å²) >= 11 is 0. The molecule has 66 valence electrons. The van der Waals surface area contributed by atoms with E-state index < -0.39 is 5.60 Å². The molecule has 0 unspecified atom stereocenters. The second-order valence-electron chi connectivity index (χ2n) is 4.53. The molecule has 0 atom stereocenters. The van der Waals surface area contributed by atoms with E-state index in [1.54, 1.807) is 0 Å². The molecule has 0 aliphatic heterocycles. The maximum absolute atomic E-state index is 9.80. The van der Waals surface area contributed by atoms with Crippen molar-refractivity contribution in [3.8, 4) is 12.3 Å². The normalized spacial score (nSPS) is 30.7. The molecule has 12 heavy (non-hydrogen) atoms. The number of aliphatic hydroxyl groups is 1. The Morgan fingerprint density at radius 1 is 1.00 bits per heavy atom. The minimum atomic E-state index is -0.763. The van der Waals surface area contributed by atoms with E-state index in [4.69, 9.17) is 6.42 Å². The zero-order valence-corrected chi connectivity index (χ0v) is 7.47. The van der Waals surface area contributed by atoms with Crippen molar-refractivity contribution < 1.29 is 5.11 Å². The molecule has 0 heterocycles. The van der Waals surface area contributed by atoms with E-state index in [9.17, 15) is 5.11 Å². The van der Waals surface area contributed by atoms with E-state index in [2.05, 4.69) is 5.92 Å². The fraction of sp³-hybridized carbons (Fsp3) is 0.818. The standard InChI is InChI=1S/C11H16O/c1-2-11(12)8-6-10(7-9-11)4-3-5-10/h1,12H,3-9H2. The molecule has 2 fully saturated rings. The Hall–Kier alpha value is -0.480. The summed E-state index contributed by atoms with van der Waals surface area (Å²) in [4.78, 5) is 0. The molecule has 0 amide bonds. The summed E-state index contributed by atoms with van der Waals surface area (Å²) < 4.78 is 0. The van der Waals surface area contributed by atoms with E-state index in [0.29, 0.717) is 5.41 Å². The van der Waals surface area contributed by atoms with Gasteiger partial charge in [-0.05, 0) is 43.9 Å². The number of terminal acetylenes is 1. The Morgan fingerprint density at radius 3 is 1.92 bits per heavy atom. The molecule has 2 aliphatic carbocycles. The van der Waals surface area contributed by atoms with Gasteiger partial charge in [0.05, 0.1) is 0 Å². The summed E-state index contributed by atoms with van der Waals surface area (Å²) in [6, 6.07) is 0. The third-order valence-electron chi connectivity index (χ3n) is 3.82. The first-order valence-electron chi connectivity index (χ1n) is 4.88. The van der Waals surface area contributed by atoms with Crippen LogP contribution in [0.4, 0.5) is 0 Å². The fourth-order valence-electron chi connectivity index (χ4n) is 2.52. The maximum atomic E-state index is 9.80. The topological polar surface area (TPSA) is 20.2 Å². The Bertz CT molecular complexity index is 210. The molecule has 0 aromatic carbocycles. The van der Waals surface area contributed by atoms with E-state index in [-0.39, 0.29) is 0 Å². The number of hydrogen-bond donors (Lipinski definition) is 1. The van der Waals surface area contributed by atoms with Gasteiger partial charge < -0.3 is 5.11 Å². The molecule has 2 aliphatic rings. The fourth-order valence-corrected chi connectivity index (χ4v) is 2.52. The molecule has 0 bridgehead atoms. The van der Waals surface area contributed by atoms with Crippen LogP contribution in [0.25, 0.3) is 0 Å². The average Bonchev–Trinajstić information content (AvgIpc) is 2.04. The zero-order chi connectivity index (χ0) is 8.66. The molecule has 1 spiro atoms. The van der Waals surface area contributed by atoms with Crippen LogP contribution in [0.15, 0.2) is 0 Å². The van der Waals surface area contributed by atoms with Gasteiger partial charge in [-0.1, -0.05) is 12.3 Å². The summed E-state index contributed by atoms with van der Waals surface area (Å²) in [6.45, 7) is 0. The highest BCUT2D eigenvalue weighted by atomic mass is 16.3. The van der Waals surface area contributed by atoms with Gasteiger partial charge in [0.15, 0.2) is 0 Å². The van der Waals surface area contributed by atoms with Crippen molar-refractivity contribution >= 4 is 0 Å². The van der Waals surface area contributed by atoms with Crippen molar-refractivity contribution in [1.82, 2.24) is 0 Å². The first-order valence-corrected chi connectivity index (χ1v) is 4.88. The Labute approximate surface area is 74.2 Å². The third-order valence-corrected chi connectivity index (χ3v) is 3.82. The van der Waals surface area contributed by atoms with Crippen molar-refractivity contribution in [3.63, 3.8) is 0 Å². The van der Waals surface area contributed by atoms with Crippen LogP contribution < -0.4 is 0 Å². The van der Waals surface area contributed by atoms with Crippen LogP contribution in [0, 0.1) is 17.8 Å². The van der Waals surface area contributed by atoms with Crippen molar-refractivity contribution in [2.24, 2.45) is 5.41 Å². The molecular formula is C11H16O. The van der Waals surface area contributed by atoms with Crippen LogP contribution in [0.5, 0.6) is 0 Å². The molecule has 0 radical (unpaired) electrons. The van der Waals surface area contributed by atoms with Gasteiger partial charge in [-0.15, -0.1) is 6.42 Å². The quantitative estimate of drug-likeness (QED) is 0.543. The Morgan fingerprint density at radius 2 is 1.58 bits per heavy atom. The zero-order valence-electron chi connectivity index (χ0n) is 7.47. The Kier molecular flexibility index (Phi) is 1.70. The van der Waals surface area contributed by atoms with E-state index in [1.165, 1.54) is 19.3 Å². The lowest BCUT2D eigenvalue weighted by Gasteiger charge is -2.48. The number of hydrogen-bond acceptors (Lipinski definition) is 1. The largest absolute Gasteiger partial charge is 0.378 e. The van der Waals surface area contributed by atoms with Gasteiger partial charge in [0, 0.05) is 0 Å². The highest BCUT2D eigenvalue weighted by molar-refractivity contribution is 5.11. The smallest absolute Gasteiger partial charge is 0.125 e. The van der Waals surface area contributed by atoms with E-state index in [0.717, 1.165) is 25.7 Å². The van der Waals surface area contributed by atoms with Crippen molar-refractivity contribution in [2.45, 2.75) is 50.5 Å². The second kappa shape index (κ2) is 2.50. The molecular weight excluding hydrogens is 148 g/mol. The van der Waals surface area contributed by atoms with Crippen molar-refractivity contribution in [3.05, 3.63) is 0 Å². The van der Waals surface area contributed by atoms with Gasteiger partial charge in [-0.25, -0.2) is 0 Å². The predicted octanol–water partition coefficient (Wildman–Crippen LogP) is 2.09. The van der Waals surface area contributed by atoms with Gasteiger partial charge in [-0.3, -0.25) is 0 Å². The molecule has 1 heteroatoms. The van der Waals surface area contributed by atoms with E-state index in [1.807, 2.05) is 0 Å². The number of rotatable bonds is 0. The molecule has 0 saturated heterocycles. The highest BCUT2D eigenvalue weighted by Gasteiger charge is 2.44. The molecule has 2 rings (SSSR count). The summed E-state index contributed by atoms with van der Waals surface area (Å²) in [6.07, 6.45) is 13.3. The Balaban J connectivity index is 1.98. The van der Waals surface area contributed by atoms with Crippen LogP contribution in [0.2, 0.25) is 0 Å². The second-order valence-corrected chi connectivity index (χ2v) is 4.53. The lowest BCUT2D eigenvalue weighted by Crippen LogP contribution is -2.41. The van der Waals surface area contributed by atoms with Crippen LogP contribution in [0.1, 0.15) is 44.9 Å². The SMILES string of the molecule is C#CC1(O)CCC2(CCC2)CC1. The molecule has 2 saturated carbocycles. The molecule has 0 aromatic rings. The monoisotopic (exact) mass is 164 g/mol. The highest BCUT2D eigenvalue weighted by Crippen LogP contribution is 2.53. The maximum Gasteiger partial charge on any atom is 0.125 e. The van der Waals surface area contributed by atoms with Gasteiger partial charge in [0.2, 0.25) is 0 Å². The molecule has 1 nitrogen and oxygen atoms in total. The van der Waals surface area contributed by atoms with Crippen LogP contribution in [0.3, 0.4) is 0 Å². The lowest BCUT2D eigenvalue weighted by molar-refractivity contribution is -0.0229. The van der Waals surface area contributed by atoms with Gasteiger partial charge in [0.25, 0.3) is 0 Å². The summed E-state index contributed by atoms with van der Waals surface area (Å²) in [5.41, 5.74) is -0.163. The van der Waals surface area contributed by atoms with E-state index >= 15 is 0 Å². The predicted molar refractivity (Wildman–Crippen MR) is 48.5 cm³/mol. The first-order chi connectivity index (χ1) is 5.68. The van der Waals surface area contributed by atoms with Crippen molar-refractivity contribution in [2.75, 3.05) is 0 Å². The minimum absolute atomic E-state index is 0.600. The summed E-state index contributed by atoms with van der Waals surface area (Å²) in [7, 11) is 0. The molecule has 1 N–H and O–H groups in total. The lowest BCUT2D eigenvalue weighted by atomic mass is 9.58. The summed E-state index contributed by atoms with van der Waals surface area (Å²) in [5, 5.41) is 9.80. The van der Waals surface area contributed by atoms with Gasteiger partial charge in [-0.2, -0.15) is 0 Å². The van der Waals surface area contributed by atoms with Gasteiger partial charge >= 0.3 is 0 Å². The average molecular weight is 164 g/mol. The van der Waals surface area contributed by atoms with Crippen molar-refractivity contribution in [1.29, 1.82) is 0 Å². The van der Waals surface area contributed by atoms with Crippen LogP contribution >= 0.6 is 0 Å². The summed E-state index contributed by atoms with van der Waals surface area (Å²) in [5.74, 6) is 2.52. The minimum Gasteiger partial charge on any atom is -0.378 e. The molecule has 0 aromatic heterocycles. The van der Waals surface area contributed by atoms with Gasteiger partial charge in [0.1, 0.15) is 5.60 Å². The van der Waals surface area contributed by atoms with Crippen LogP contribution in [-0.2, 0) is 0 Å².